The van der Waals surface area contributed by atoms with Crippen LogP contribution in [-0.2, 0) is 11.3 Å². The summed E-state index contributed by atoms with van der Waals surface area (Å²) < 4.78 is 7.30. The van der Waals surface area contributed by atoms with Crippen LogP contribution in [0.5, 0.6) is 0 Å². The van der Waals surface area contributed by atoms with Gasteiger partial charge in [-0.15, -0.1) is 0 Å². The van der Waals surface area contributed by atoms with Crippen LogP contribution in [0.1, 0.15) is 27.2 Å². The molecule has 6 nitrogen and oxygen atoms in total. The Labute approximate surface area is 121 Å². The van der Waals surface area contributed by atoms with E-state index in [-0.39, 0.29) is 5.60 Å². The molecule has 0 fully saturated rings. The predicted octanol–water partition coefficient (Wildman–Crippen LogP) is 1.25. The van der Waals surface area contributed by atoms with Crippen molar-refractivity contribution in [2.45, 2.75) is 39.3 Å². The van der Waals surface area contributed by atoms with E-state index in [0.717, 1.165) is 32.0 Å². The smallest absolute Gasteiger partial charge is 0.191 e. The molecule has 0 amide bonds. The molecule has 0 bridgehead atoms. The highest BCUT2D eigenvalue weighted by Gasteiger charge is 2.15. The summed E-state index contributed by atoms with van der Waals surface area (Å²) in [4.78, 5) is 4.54. The second-order valence-corrected chi connectivity index (χ2v) is 5.21. The second kappa shape index (κ2) is 8.58. The van der Waals surface area contributed by atoms with Gasteiger partial charge in [0, 0.05) is 39.1 Å². The Morgan fingerprint density at radius 3 is 2.80 bits per heavy atom. The molecule has 114 valence electrons. The van der Waals surface area contributed by atoms with Crippen LogP contribution in [-0.4, -0.2) is 48.1 Å². The van der Waals surface area contributed by atoms with Gasteiger partial charge in [-0.2, -0.15) is 5.10 Å². The molecule has 0 aliphatic heterocycles. The zero-order valence-electron chi connectivity index (χ0n) is 13.0. The third kappa shape index (κ3) is 6.56. The molecule has 0 saturated carbocycles. The highest BCUT2D eigenvalue weighted by Crippen LogP contribution is 2.06. The van der Waals surface area contributed by atoms with Gasteiger partial charge in [-0.1, -0.05) is 0 Å². The van der Waals surface area contributed by atoms with Gasteiger partial charge in [0.1, 0.15) is 0 Å². The van der Waals surface area contributed by atoms with E-state index in [4.69, 9.17) is 4.74 Å². The SMILES string of the molecule is CCNC(=NCC(C)(C)OC)NCCCn1cccn1. The molecular weight excluding hydrogens is 254 g/mol. The molecular formula is C14H27N5O. The first-order valence-corrected chi connectivity index (χ1v) is 7.12. The molecule has 0 aromatic carbocycles. The van der Waals surface area contributed by atoms with Crippen LogP contribution in [0, 0.1) is 0 Å². The average molecular weight is 281 g/mol. The van der Waals surface area contributed by atoms with E-state index < -0.39 is 0 Å². The fourth-order valence-electron chi connectivity index (χ4n) is 1.56. The molecule has 0 saturated heterocycles. The predicted molar refractivity (Wildman–Crippen MR) is 81.9 cm³/mol. The van der Waals surface area contributed by atoms with E-state index in [1.54, 1.807) is 13.3 Å². The van der Waals surface area contributed by atoms with Gasteiger partial charge < -0.3 is 15.4 Å². The number of rotatable bonds is 8. The summed E-state index contributed by atoms with van der Waals surface area (Å²) >= 11 is 0. The van der Waals surface area contributed by atoms with E-state index in [9.17, 15) is 0 Å². The molecule has 1 aromatic heterocycles. The summed E-state index contributed by atoms with van der Waals surface area (Å²) in [5.74, 6) is 0.832. The van der Waals surface area contributed by atoms with E-state index in [1.165, 1.54) is 0 Å². The number of hydrogen-bond donors (Lipinski definition) is 2. The molecule has 6 heteroatoms. The minimum absolute atomic E-state index is 0.239. The summed E-state index contributed by atoms with van der Waals surface area (Å²) in [6.45, 7) is 9.34. The van der Waals surface area contributed by atoms with Crippen LogP contribution in [0.25, 0.3) is 0 Å². The lowest BCUT2D eigenvalue weighted by Crippen LogP contribution is -2.39. The van der Waals surface area contributed by atoms with Crippen LogP contribution in [0.3, 0.4) is 0 Å². The van der Waals surface area contributed by atoms with Crippen LogP contribution in [0.2, 0.25) is 0 Å². The molecule has 2 N–H and O–H groups in total. The van der Waals surface area contributed by atoms with E-state index in [2.05, 4.69) is 27.6 Å². The summed E-state index contributed by atoms with van der Waals surface area (Å²) in [6.07, 6.45) is 4.77. The zero-order valence-corrected chi connectivity index (χ0v) is 13.0. The van der Waals surface area contributed by atoms with Crippen molar-refractivity contribution in [3.8, 4) is 0 Å². The number of hydrogen-bond acceptors (Lipinski definition) is 3. The molecule has 0 spiro atoms. The van der Waals surface area contributed by atoms with Gasteiger partial charge in [-0.25, -0.2) is 0 Å². The van der Waals surface area contributed by atoms with Crippen LogP contribution >= 0.6 is 0 Å². The Kier molecular flexibility index (Phi) is 7.08. The maximum Gasteiger partial charge on any atom is 0.191 e. The molecule has 1 heterocycles. The lowest BCUT2D eigenvalue weighted by Gasteiger charge is -2.21. The summed E-state index contributed by atoms with van der Waals surface area (Å²) in [6, 6.07) is 1.94. The molecule has 0 aliphatic rings. The lowest BCUT2D eigenvalue weighted by molar-refractivity contribution is 0.0310. The largest absolute Gasteiger partial charge is 0.377 e. The number of aliphatic imine (C=N–C) groups is 1. The van der Waals surface area contributed by atoms with E-state index in [1.807, 2.05) is 30.8 Å². The molecule has 1 aromatic rings. The zero-order chi connectivity index (χ0) is 14.8. The highest BCUT2D eigenvalue weighted by molar-refractivity contribution is 5.79. The fourth-order valence-corrected chi connectivity index (χ4v) is 1.56. The Morgan fingerprint density at radius 2 is 2.20 bits per heavy atom. The van der Waals surface area contributed by atoms with Gasteiger partial charge in [0.15, 0.2) is 5.96 Å². The first-order valence-electron chi connectivity index (χ1n) is 7.12. The maximum atomic E-state index is 5.37. The summed E-state index contributed by atoms with van der Waals surface area (Å²) in [5.41, 5.74) is -0.239. The van der Waals surface area contributed by atoms with Crippen molar-refractivity contribution in [2.24, 2.45) is 4.99 Å². The van der Waals surface area contributed by atoms with E-state index in [0.29, 0.717) is 6.54 Å². The highest BCUT2D eigenvalue weighted by atomic mass is 16.5. The average Bonchev–Trinajstić information content (AvgIpc) is 2.94. The monoisotopic (exact) mass is 281 g/mol. The Morgan fingerprint density at radius 1 is 1.40 bits per heavy atom. The third-order valence-electron chi connectivity index (χ3n) is 2.93. The summed E-state index contributed by atoms with van der Waals surface area (Å²) in [5, 5.41) is 10.7. The molecule has 1 rings (SSSR count). The maximum absolute atomic E-state index is 5.37. The van der Waals surface area contributed by atoms with Crippen molar-refractivity contribution in [3.05, 3.63) is 18.5 Å². The van der Waals surface area contributed by atoms with Crippen molar-refractivity contribution < 1.29 is 4.74 Å². The first kappa shape index (κ1) is 16.5. The van der Waals surface area contributed by atoms with Crippen molar-refractivity contribution in [2.75, 3.05) is 26.7 Å². The topological polar surface area (TPSA) is 63.5 Å². The number of ether oxygens (including phenoxy) is 1. The van der Waals surface area contributed by atoms with Crippen molar-refractivity contribution in [1.82, 2.24) is 20.4 Å². The Balaban J connectivity index is 2.32. The molecule has 0 atom stereocenters. The second-order valence-electron chi connectivity index (χ2n) is 5.21. The molecule has 20 heavy (non-hydrogen) atoms. The Hall–Kier alpha value is -1.56. The van der Waals surface area contributed by atoms with Gasteiger partial charge in [-0.05, 0) is 33.3 Å². The standard InChI is InChI=1S/C14H27N5O/c1-5-15-13(17-12-14(2,3)20-4)16-8-6-10-19-11-7-9-18-19/h7,9,11H,5-6,8,10,12H2,1-4H3,(H2,15,16,17). The Bertz CT molecular complexity index is 386. The van der Waals surface area contributed by atoms with Crippen molar-refractivity contribution in [3.63, 3.8) is 0 Å². The third-order valence-corrected chi connectivity index (χ3v) is 2.93. The van der Waals surface area contributed by atoms with Crippen molar-refractivity contribution in [1.29, 1.82) is 0 Å². The van der Waals surface area contributed by atoms with Gasteiger partial charge in [0.2, 0.25) is 0 Å². The molecule has 0 unspecified atom stereocenters. The number of methoxy groups -OCH3 is 1. The quantitative estimate of drug-likeness (QED) is 0.428. The summed E-state index contributed by atoms with van der Waals surface area (Å²) in [7, 11) is 1.71. The van der Waals surface area contributed by atoms with Crippen molar-refractivity contribution >= 4 is 5.96 Å². The van der Waals surface area contributed by atoms with Crippen LogP contribution in [0.4, 0.5) is 0 Å². The van der Waals surface area contributed by atoms with Gasteiger partial charge >= 0.3 is 0 Å². The normalized spacial score (nSPS) is 12.5. The fraction of sp³-hybridized carbons (Fsp3) is 0.714. The number of nitrogens with zero attached hydrogens (tertiary/aromatic N) is 3. The van der Waals surface area contributed by atoms with Gasteiger partial charge in [0.25, 0.3) is 0 Å². The van der Waals surface area contributed by atoms with Gasteiger partial charge in [0.05, 0.1) is 12.1 Å². The number of aromatic nitrogens is 2. The number of aryl methyl sites for hydroxylation is 1. The number of guanidine groups is 1. The molecule has 0 aliphatic carbocycles. The minimum Gasteiger partial charge on any atom is -0.377 e. The minimum atomic E-state index is -0.239. The first-order chi connectivity index (χ1) is 9.57. The van der Waals surface area contributed by atoms with Crippen LogP contribution < -0.4 is 10.6 Å². The van der Waals surface area contributed by atoms with Gasteiger partial charge in [-0.3, -0.25) is 9.67 Å². The molecule has 0 radical (unpaired) electrons. The lowest BCUT2D eigenvalue weighted by atomic mass is 10.1. The van der Waals surface area contributed by atoms with Crippen LogP contribution in [0.15, 0.2) is 23.5 Å². The number of nitrogens with one attached hydrogen (secondary N) is 2. The van der Waals surface area contributed by atoms with E-state index >= 15 is 0 Å².